The number of amides is 1. The van der Waals surface area contributed by atoms with E-state index in [0.717, 1.165) is 29.9 Å². The molecule has 0 fully saturated rings. The van der Waals surface area contributed by atoms with Crippen LogP contribution in [0.25, 0.3) is 11.3 Å². The summed E-state index contributed by atoms with van der Waals surface area (Å²) in [6, 6.07) is 9.87. The van der Waals surface area contributed by atoms with Crippen molar-refractivity contribution in [1.82, 2.24) is 10.3 Å². The molecule has 0 aliphatic carbocycles. The highest BCUT2D eigenvalue weighted by Gasteiger charge is 2.12. The highest BCUT2D eigenvalue weighted by Crippen LogP contribution is 2.24. The number of nitrogens with one attached hydrogen (secondary N) is 1. The first-order valence-electron chi connectivity index (χ1n) is 7.69. The van der Waals surface area contributed by atoms with Crippen molar-refractivity contribution in [2.75, 3.05) is 13.1 Å². The number of rotatable bonds is 8. The number of unbranched alkanes of at least 4 members (excludes halogenated alkanes) is 1. The summed E-state index contributed by atoms with van der Waals surface area (Å²) in [6.07, 6.45) is 2.74. The molecule has 0 saturated carbocycles. The molecule has 1 amide bonds. The van der Waals surface area contributed by atoms with Crippen LogP contribution in [0.2, 0.25) is 0 Å². The zero-order valence-corrected chi connectivity index (χ0v) is 15.4. The first-order valence-corrected chi connectivity index (χ1v) is 7.69. The molecule has 0 spiro atoms. The summed E-state index contributed by atoms with van der Waals surface area (Å²) in [5, 5.41) is 2.88. The molecule has 7 heteroatoms. The van der Waals surface area contributed by atoms with Gasteiger partial charge in [-0.25, -0.2) is 4.98 Å². The maximum atomic E-state index is 11.7. The summed E-state index contributed by atoms with van der Waals surface area (Å²) in [7, 11) is 0. The van der Waals surface area contributed by atoms with E-state index in [1.807, 2.05) is 37.3 Å². The molecule has 1 aromatic carbocycles. The van der Waals surface area contributed by atoms with Crippen LogP contribution >= 0.6 is 24.8 Å². The number of carbonyl (C=O) groups is 1. The highest BCUT2D eigenvalue weighted by molar-refractivity contribution is 5.85. The van der Waals surface area contributed by atoms with Crippen molar-refractivity contribution in [1.29, 1.82) is 0 Å². The third-order valence-electron chi connectivity index (χ3n) is 3.40. The van der Waals surface area contributed by atoms with Gasteiger partial charge in [0.05, 0.1) is 5.69 Å². The van der Waals surface area contributed by atoms with E-state index in [9.17, 15) is 4.79 Å². The van der Waals surface area contributed by atoms with Gasteiger partial charge in [-0.1, -0.05) is 30.3 Å². The number of aromatic nitrogens is 1. The quantitative estimate of drug-likeness (QED) is 0.695. The molecular formula is C17H25Cl2N3O2. The van der Waals surface area contributed by atoms with E-state index in [1.54, 1.807) is 0 Å². The monoisotopic (exact) mass is 373 g/mol. The normalized spacial score (nSPS) is 9.75. The van der Waals surface area contributed by atoms with E-state index in [4.69, 9.17) is 10.2 Å². The van der Waals surface area contributed by atoms with Gasteiger partial charge in [-0.3, -0.25) is 4.79 Å². The van der Waals surface area contributed by atoms with Crippen LogP contribution in [0, 0.1) is 6.92 Å². The van der Waals surface area contributed by atoms with Gasteiger partial charge >= 0.3 is 0 Å². The molecule has 2 aromatic rings. The fourth-order valence-electron chi connectivity index (χ4n) is 2.22. The fourth-order valence-corrected chi connectivity index (χ4v) is 2.22. The average molecular weight is 374 g/mol. The van der Waals surface area contributed by atoms with E-state index < -0.39 is 0 Å². The molecule has 5 nitrogen and oxygen atoms in total. The first-order chi connectivity index (χ1) is 10.7. The third-order valence-corrected chi connectivity index (χ3v) is 3.40. The zero-order valence-electron chi connectivity index (χ0n) is 13.8. The summed E-state index contributed by atoms with van der Waals surface area (Å²) in [5.74, 6) is 1.40. The predicted octanol–water partition coefficient (Wildman–Crippen LogP) is 3.28. The smallest absolute Gasteiger partial charge is 0.220 e. The Labute approximate surface area is 155 Å². The van der Waals surface area contributed by atoms with Crippen molar-refractivity contribution in [3.05, 3.63) is 41.9 Å². The lowest BCUT2D eigenvalue weighted by Gasteiger charge is -2.03. The molecule has 0 radical (unpaired) electrons. The van der Waals surface area contributed by atoms with Crippen molar-refractivity contribution < 1.29 is 9.21 Å². The van der Waals surface area contributed by atoms with Crippen molar-refractivity contribution in [3.8, 4) is 11.3 Å². The molecule has 134 valence electrons. The minimum absolute atomic E-state index is 0. The van der Waals surface area contributed by atoms with Crippen LogP contribution in [0.15, 0.2) is 34.7 Å². The van der Waals surface area contributed by atoms with Gasteiger partial charge in [0.2, 0.25) is 5.91 Å². The van der Waals surface area contributed by atoms with Gasteiger partial charge < -0.3 is 15.5 Å². The van der Waals surface area contributed by atoms with Crippen molar-refractivity contribution >= 4 is 30.7 Å². The Morgan fingerprint density at radius 3 is 2.58 bits per heavy atom. The Morgan fingerprint density at radius 1 is 1.21 bits per heavy atom. The standard InChI is InChI=1S/C17H23N3O2.2ClH/c1-13-17(14-7-3-2-4-8-14)22-16(20-13)10-9-15(21)19-12-6-5-11-18;;/h2-4,7-8H,5-6,9-12,18H2,1H3,(H,19,21);2*1H. The van der Waals surface area contributed by atoms with Crippen molar-refractivity contribution in [2.45, 2.75) is 32.6 Å². The molecule has 0 unspecified atom stereocenters. The molecule has 0 saturated heterocycles. The van der Waals surface area contributed by atoms with Gasteiger partial charge in [-0.2, -0.15) is 0 Å². The molecule has 0 aliphatic heterocycles. The Balaban J connectivity index is 0.00000264. The minimum Gasteiger partial charge on any atom is -0.440 e. The Bertz CT molecular complexity index is 603. The number of hydrogen-bond donors (Lipinski definition) is 2. The summed E-state index contributed by atoms with van der Waals surface area (Å²) in [5.41, 5.74) is 7.27. The molecular weight excluding hydrogens is 349 g/mol. The number of oxazole rings is 1. The number of hydrogen-bond acceptors (Lipinski definition) is 4. The Hall–Kier alpha value is -1.56. The molecule has 0 bridgehead atoms. The lowest BCUT2D eigenvalue weighted by molar-refractivity contribution is -0.121. The number of nitrogens with two attached hydrogens (primary N) is 1. The van der Waals surface area contributed by atoms with Crippen LogP contribution in [0.3, 0.4) is 0 Å². The maximum absolute atomic E-state index is 11.7. The first kappa shape index (κ1) is 22.4. The summed E-state index contributed by atoms with van der Waals surface area (Å²) < 4.78 is 5.79. The third kappa shape index (κ3) is 6.91. The van der Waals surface area contributed by atoms with Crippen LogP contribution in [0.4, 0.5) is 0 Å². The summed E-state index contributed by atoms with van der Waals surface area (Å²) in [4.78, 5) is 16.1. The molecule has 2 rings (SSSR count). The number of carbonyl (C=O) groups excluding carboxylic acids is 1. The maximum Gasteiger partial charge on any atom is 0.220 e. The van der Waals surface area contributed by atoms with E-state index in [-0.39, 0.29) is 30.7 Å². The Morgan fingerprint density at radius 2 is 1.92 bits per heavy atom. The second kappa shape index (κ2) is 11.9. The van der Waals surface area contributed by atoms with E-state index in [2.05, 4.69) is 10.3 Å². The average Bonchev–Trinajstić information content (AvgIpc) is 2.91. The lowest BCUT2D eigenvalue weighted by Crippen LogP contribution is -2.25. The largest absolute Gasteiger partial charge is 0.440 e. The number of aryl methyl sites for hydroxylation is 2. The van der Waals surface area contributed by atoms with Gasteiger partial charge in [0.15, 0.2) is 11.7 Å². The topological polar surface area (TPSA) is 81.2 Å². The zero-order chi connectivity index (χ0) is 15.8. The molecule has 1 heterocycles. The minimum atomic E-state index is 0. The lowest BCUT2D eigenvalue weighted by atomic mass is 10.1. The highest BCUT2D eigenvalue weighted by atomic mass is 35.5. The molecule has 0 atom stereocenters. The van der Waals surface area contributed by atoms with E-state index in [1.165, 1.54) is 0 Å². The molecule has 1 aromatic heterocycles. The fraction of sp³-hybridized carbons (Fsp3) is 0.412. The SMILES string of the molecule is Cc1nc(CCC(=O)NCCCCN)oc1-c1ccccc1.Cl.Cl. The van der Waals surface area contributed by atoms with Gasteiger partial charge in [0, 0.05) is 24.9 Å². The van der Waals surface area contributed by atoms with Crippen LogP contribution in [0.1, 0.15) is 30.8 Å². The van der Waals surface area contributed by atoms with Crippen molar-refractivity contribution in [3.63, 3.8) is 0 Å². The molecule has 24 heavy (non-hydrogen) atoms. The second-order valence-corrected chi connectivity index (χ2v) is 5.23. The van der Waals surface area contributed by atoms with E-state index in [0.29, 0.717) is 31.8 Å². The summed E-state index contributed by atoms with van der Waals surface area (Å²) >= 11 is 0. The van der Waals surface area contributed by atoms with Crippen molar-refractivity contribution in [2.24, 2.45) is 5.73 Å². The van der Waals surface area contributed by atoms with Crippen LogP contribution < -0.4 is 11.1 Å². The number of halogens is 2. The number of benzene rings is 1. The van der Waals surface area contributed by atoms with Gasteiger partial charge in [0.1, 0.15) is 0 Å². The van der Waals surface area contributed by atoms with E-state index >= 15 is 0 Å². The Kier molecular flexibility index (Phi) is 11.1. The van der Waals surface area contributed by atoms with Crippen LogP contribution in [0.5, 0.6) is 0 Å². The second-order valence-electron chi connectivity index (χ2n) is 5.23. The summed E-state index contributed by atoms with van der Waals surface area (Å²) in [6.45, 7) is 3.26. The van der Waals surface area contributed by atoms with Gasteiger partial charge in [-0.05, 0) is 26.3 Å². The number of nitrogens with zero attached hydrogens (tertiary/aromatic N) is 1. The van der Waals surface area contributed by atoms with Gasteiger partial charge in [-0.15, -0.1) is 24.8 Å². The van der Waals surface area contributed by atoms with Crippen LogP contribution in [-0.4, -0.2) is 24.0 Å². The molecule has 0 aliphatic rings. The predicted molar refractivity (Wildman–Crippen MR) is 101 cm³/mol. The van der Waals surface area contributed by atoms with Gasteiger partial charge in [0.25, 0.3) is 0 Å². The van der Waals surface area contributed by atoms with Crippen LogP contribution in [-0.2, 0) is 11.2 Å². The molecule has 3 N–H and O–H groups in total.